The number of Topliss-reactive ketones (excluding diaryl/α,β-unsaturated/α-hetero) is 1. The molecule has 1 aliphatic rings. The molecule has 0 atom stereocenters. The number of carbonyl (C=O) groups excluding carboxylic acids is 2. The Hall–Kier alpha value is -1.84. The zero-order valence-corrected chi connectivity index (χ0v) is 12.7. The topological polar surface area (TPSA) is 52.6 Å². The summed E-state index contributed by atoms with van der Waals surface area (Å²) in [6, 6.07) is 5.27. The van der Waals surface area contributed by atoms with Crippen molar-refractivity contribution in [3.63, 3.8) is 0 Å². The summed E-state index contributed by atoms with van der Waals surface area (Å²) in [5.74, 6) is -0.257. The normalized spacial score (nSPS) is 15.5. The maximum absolute atomic E-state index is 12.0. The van der Waals surface area contributed by atoms with E-state index in [-0.39, 0.29) is 6.61 Å². The molecule has 0 spiro atoms. The van der Waals surface area contributed by atoms with E-state index in [0.717, 1.165) is 18.4 Å². The number of hydrogen-bond acceptors (Lipinski definition) is 4. The molecule has 21 heavy (non-hydrogen) atoms. The zero-order chi connectivity index (χ0) is 15.2. The molecule has 0 aromatic heterocycles. The van der Waals surface area contributed by atoms with Gasteiger partial charge in [-0.2, -0.15) is 0 Å². The smallest absolute Gasteiger partial charge is 0.379 e. The third-order valence-electron chi connectivity index (χ3n) is 4.00. The lowest BCUT2D eigenvalue weighted by Gasteiger charge is -2.24. The molecule has 1 saturated carbocycles. The Bertz CT molecular complexity index is 516. The van der Waals surface area contributed by atoms with Crippen LogP contribution in [0.15, 0.2) is 18.2 Å². The lowest BCUT2D eigenvalue weighted by atomic mass is 9.83. The van der Waals surface area contributed by atoms with E-state index in [4.69, 9.17) is 9.47 Å². The Morgan fingerprint density at radius 1 is 1.19 bits per heavy atom. The minimum absolute atomic E-state index is 0.196. The van der Waals surface area contributed by atoms with Crippen molar-refractivity contribution in [1.82, 2.24) is 0 Å². The number of rotatable bonds is 5. The van der Waals surface area contributed by atoms with Gasteiger partial charge in [0.25, 0.3) is 5.78 Å². The first kappa shape index (κ1) is 15.5. The predicted molar refractivity (Wildman–Crippen MR) is 79.8 cm³/mol. The van der Waals surface area contributed by atoms with Crippen LogP contribution in [0.25, 0.3) is 0 Å². The van der Waals surface area contributed by atoms with E-state index >= 15 is 0 Å². The van der Waals surface area contributed by atoms with Gasteiger partial charge in [0, 0.05) is 5.56 Å². The third-order valence-corrected chi connectivity index (χ3v) is 4.00. The van der Waals surface area contributed by atoms with Gasteiger partial charge in [0.1, 0.15) is 5.75 Å². The highest BCUT2D eigenvalue weighted by atomic mass is 16.5. The van der Waals surface area contributed by atoms with Gasteiger partial charge in [-0.1, -0.05) is 31.4 Å². The summed E-state index contributed by atoms with van der Waals surface area (Å²) < 4.78 is 10.2. The van der Waals surface area contributed by atoms with Gasteiger partial charge in [-0.25, -0.2) is 4.79 Å². The lowest BCUT2D eigenvalue weighted by molar-refractivity contribution is -0.137. The SMILES string of the molecule is CCOC(=O)C(=O)c1ccc(C2CCCCC2)c(OC)c1. The van der Waals surface area contributed by atoms with Gasteiger partial charge in [-0.3, -0.25) is 4.79 Å². The molecule has 4 heteroatoms. The summed E-state index contributed by atoms with van der Waals surface area (Å²) in [4.78, 5) is 23.5. The van der Waals surface area contributed by atoms with Crippen molar-refractivity contribution in [2.75, 3.05) is 13.7 Å². The number of carbonyl (C=O) groups is 2. The molecule has 0 radical (unpaired) electrons. The molecule has 0 unspecified atom stereocenters. The number of ether oxygens (including phenoxy) is 2. The van der Waals surface area contributed by atoms with Crippen molar-refractivity contribution in [2.45, 2.75) is 44.9 Å². The van der Waals surface area contributed by atoms with Crippen LogP contribution >= 0.6 is 0 Å². The Morgan fingerprint density at radius 2 is 1.90 bits per heavy atom. The molecule has 1 fully saturated rings. The molecule has 114 valence electrons. The van der Waals surface area contributed by atoms with Crippen LogP contribution in [0, 0.1) is 0 Å². The van der Waals surface area contributed by atoms with E-state index < -0.39 is 11.8 Å². The minimum atomic E-state index is -0.815. The fourth-order valence-corrected chi connectivity index (χ4v) is 2.92. The van der Waals surface area contributed by atoms with Crippen LogP contribution < -0.4 is 4.74 Å². The summed E-state index contributed by atoms with van der Waals surface area (Å²) >= 11 is 0. The van der Waals surface area contributed by atoms with Gasteiger partial charge in [-0.15, -0.1) is 0 Å². The van der Waals surface area contributed by atoms with Crippen LogP contribution in [0.1, 0.15) is 60.9 Å². The molecule has 1 aliphatic carbocycles. The molecule has 0 heterocycles. The first-order chi connectivity index (χ1) is 10.2. The average Bonchev–Trinajstić information content (AvgIpc) is 2.54. The van der Waals surface area contributed by atoms with E-state index in [2.05, 4.69) is 0 Å². The molecule has 0 aliphatic heterocycles. The number of benzene rings is 1. The van der Waals surface area contributed by atoms with Gasteiger partial charge >= 0.3 is 5.97 Å². The van der Waals surface area contributed by atoms with Crippen molar-refractivity contribution in [1.29, 1.82) is 0 Å². The standard InChI is InChI=1S/C17H22O4/c1-3-21-17(19)16(18)13-9-10-14(15(11-13)20-2)12-7-5-4-6-8-12/h9-12H,3-8H2,1-2H3. The van der Waals surface area contributed by atoms with Gasteiger partial charge in [0.05, 0.1) is 13.7 Å². The van der Waals surface area contributed by atoms with E-state index in [9.17, 15) is 9.59 Å². The summed E-state index contributed by atoms with van der Waals surface area (Å²) in [6.07, 6.45) is 6.07. The molecule has 0 N–H and O–H groups in total. The van der Waals surface area contributed by atoms with Gasteiger partial charge < -0.3 is 9.47 Å². The minimum Gasteiger partial charge on any atom is -0.496 e. The summed E-state index contributed by atoms with van der Waals surface area (Å²) in [6.45, 7) is 1.87. The van der Waals surface area contributed by atoms with Gasteiger partial charge in [0.2, 0.25) is 0 Å². The summed E-state index contributed by atoms with van der Waals surface area (Å²) in [5, 5.41) is 0. The third kappa shape index (κ3) is 3.63. The summed E-state index contributed by atoms with van der Waals surface area (Å²) in [7, 11) is 1.60. The number of ketones is 1. The maximum atomic E-state index is 12.0. The van der Waals surface area contributed by atoms with Crippen LogP contribution in [0.4, 0.5) is 0 Å². The zero-order valence-electron chi connectivity index (χ0n) is 12.7. The Labute approximate surface area is 125 Å². The number of methoxy groups -OCH3 is 1. The first-order valence-corrected chi connectivity index (χ1v) is 7.56. The maximum Gasteiger partial charge on any atom is 0.379 e. The van der Waals surface area contributed by atoms with E-state index in [1.807, 2.05) is 6.07 Å². The van der Waals surface area contributed by atoms with Crippen LogP contribution in [0.3, 0.4) is 0 Å². The van der Waals surface area contributed by atoms with E-state index in [1.165, 1.54) is 19.3 Å². The molecule has 1 aromatic carbocycles. The second-order valence-electron chi connectivity index (χ2n) is 5.34. The average molecular weight is 290 g/mol. The van der Waals surface area contributed by atoms with Crippen LogP contribution in [0.2, 0.25) is 0 Å². The number of esters is 1. The molecular weight excluding hydrogens is 268 g/mol. The highest BCUT2D eigenvalue weighted by molar-refractivity contribution is 6.40. The highest BCUT2D eigenvalue weighted by Crippen LogP contribution is 2.37. The second kappa shape index (κ2) is 7.25. The molecule has 2 rings (SSSR count). The highest BCUT2D eigenvalue weighted by Gasteiger charge is 2.22. The van der Waals surface area contributed by atoms with Crippen molar-refractivity contribution >= 4 is 11.8 Å². The monoisotopic (exact) mass is 290 g/mol. The van der Waals surface area contributed by atoms with E-state index in [1.54, 1.807) is 26.2 Å². The molecular formula is C17H22O4. The quantitative estimate of drug-likeness (QED) is 0.473. The Kier molecular flexibility index (Phi) is 5.37. The number of hydrogen-bond donors (Lipinski definition) is 0. The Balaban J connectivity index is 2.23. The van der Waals surface area contributed by atoms with Crippen molar-refractivity contribution in [3.05, 3.63) is 29.3 Å². The molecule has 0 saturated heterocycles. The summed E-state index contributed by atoms with van der Waals surface area (Å²) in [5.41, 5.74) is 1.46. The lowest BCUT2D eigenvalue weighted by Crippen LogP contribution is -2.18. The van der Waals surface area contributed by atoms with Crippen LogP contribution in [-0.4, -0.2) is 25.5 Å². The van der Waals surface area contributed by atoms with Crippen LogP contribution in [0.5, 0.6) is 5.75 Å². The van der Waals surface area contributed by atoms with Crippen molar-refractivity contribution in [2.24, 2.45) is 0 Å². The van der Waals surface area contributed by atoms with Gasteiger partial charge in [0.15, 0.2) is 0 Å². The van der Waals surface area contributed by atoms with Crippen LogP contribution in [-0.2, 0) is 9.53 Å². The fraction of sp³-hybridized carbons (Fsp3) is 0.529. The van der Waals surface area contributed by atoms with Crippen molar-refractivity contribution in [3.8, 4) is 5.75 Å². The Morgan fingerprint density at radius 3 is 2.52 bits per heavy atom. The fourth-order valence-electron chi connectivity index (χ4n) is 2.92. The second-order valence-corrected chi connectivity index (χ2v) is 5.34. The molecule has 1 aromatic rings. The molecule has 4 nitrogen and oxygen atoms in total. The molecule has 0 bridgehead atoms. The van der Waals surface area contributed by atoms with Crippen molar-refractivity contribution < 1.29 is 19.1 Å². The van der Waals surface area contributed by atoms with Gasteiger partial charge in [-0.05, 0) is 37.3 Å². The largest absolute Gasteiger partial charge is 0.496 e. The molecule has 0 amide bonds. The van der Waals surface area contributed by atoms with E-state index in [0.29, 0.717) is 17.2 Å². The predicted octanol–water partition coefficient (Wildman–Crippen LogP) is 3.49. The first-order valence-electron chi connectivity index (χ1n) is 7.56.